The van der Waals surface area contributed by atoms with Crippen molar-refractivity contribution in [3.8, 4) is 5.75 Å². The van der Waals surface area contributed by atoms with Crippen LogP contribution in [0.5, 0.6) is 5.75 Å². The van der Waals surface area contributed by atoms with Gasteiger partial charge in [-0.15, -0.1) is 0 Å². The summed E-state index contributed by atoms with van der Waals surface area (Å²) in [5.41, 5.74) is 2.12. The highest BCUT2D eigenvalue weighted by Gasteiger charge is 2.27. The van der Waals surface area contributed by atoms with Crippen LogP contribution in [0.1, 0.15) is 5.56 Å². The molecule has 0 aromatic heterocycles. The third kappa shape index (κ3) is 5.18. The summed E-state index contributed by atoms with van der Waals surface area (Å²) in [6.45, 7) is 3.33. The van der Waals surface area contributed by atoms with E-state index in [0.717, 1.165) is 5.56 Å². The summed E-state index contributed by atoms with van der Waals surface area (Å²) in [7, 11) is -2.13. The number of sulfonamides is 1. The summed E-state index contributed by atoms with van der Waals surface area (Å²) in [6.07, 6.45) is 0. The molecule has 1 aliphatic heterocycles. The number of nitrogens with zero attached hydrogens (tertiary/aromatic N) is 1. The third-order valence-electron chi connectivity index (χ3n) is 4.46. The van der Waals surface area contributed by atoms with Crippen molar-refractivity contribution in [2.24, 2.45) is 0 Å². The second kappa shape index (κ2) is 9.27. The molecule has 0 amide bonds. The fourth-order valence-corrected chi connectivity index (χ4v) is 4.68. The van der Waals surface area contributed by atoms with Crippen LogP contribution in [-0.4, -0.2) is 51.2 Å². The van der Waals surface area contributed by atoms with E-state index in [-0.39, 0.29) is 10.0 Å². The molecule has 2 aromatic carbocycles. The first-order valence-electron chi connectivity index (χ1n) is 8.91. The molecule has 7 nitrogen and oxygen atoms in total. The number of rotatable bonds is 5. The second-order valence-corrected chi connectivity index (χ2v) is 9.18. The molecule has 156 valence electrons. The van der Waals surface area contributed by atoms with Gasteiger partial charge in [0.05, 0.1) is 30.9 Å². The number of aryl methyl sites for hydroxylation is 1. The fraction of sp³-hybridized carbons (Fsp3) is 0.316. The summed E-state index contributed by atoms with van der Waals surface area (Å²) in [5, 5.41) is 6.94. The Balaban J connectivity index is 1.81. The molecule has 10 heteroatoms. The van der Waals surface area contributed by atoms with Gasteiger partial charge in [0.2, 0.25) is 10.0 Å². The van der Waals surface area contributed by atoms with Crippen LogP contribution in [-0.2, 0) is 14.8 Å². The molecule has 0 radical (unpaired) electrons. The summed E-state index contributed by atoms with van der Waals surface area (Å²) in [4.78, 5) is 0.156. The molecule has 0 unspecified atom stereocenters. The SMILES string of the molecule is COc1ccc(S(=O)(=O)N2CCOCC2)cc1NC(=S)Nc1ccc(C)c(Cl)c1. The number of hydrogen-bond acceptors (Lipinski definition) is 5. The Morgan fingerprint density at radius 1 is 1.17 bits per heavy atom. The topological polar surface area (TPSA) is 79.9 Å². The molecule has 0 aliphatic carbocycles. The number of ether oxygens (including phenoxy) is 2. The van der Waals surface area contributed by atoms with Gasteiger partial charge in [0.15, 0.2) is 5.11 Å². The summed E-state index contributed by atoms with van der Waals surface area (Å²) >= 11 is 11.5. The Morgan fingerprint density at radius 2 is 1.90 bits per heavy atom. The van der Waals surface area contributed by atoms with Crippen molar-refractivity contribution in [3.63, 3.8) is 0 Å². The zero-order valence-electron chi connectivity index (χ0n) is 16.1. The number of halogens is 1. The largest absolute Gasteiger partial charge is 0.495 e. The fourth-order valence-electron chi connectivity index (χ4n) is 2.84. The highest BCUT2D eigenvalue weighted by atomic mass is 35.5. The Kier molecular flexibility index (Phi) is 6.97. The van der Waals surface area contributed by atoms with Crippen LogP contribution in [0.2, 0.25) is 5.02 Å². The first-order valence-corrected chi connectivity index (χ1v) is 11.1. The Morgan fingerprint density at radius 3 is 2.55 bits per heavy atom. The lowest BCUT2D eigenvalue weighted by molar-refractivity contribution is 0.0730. The molecule has 1 saturated heterocycles. The molecule has 1 heterocycles. The van der Waals surface area contributed by atoms with E-state index in [1.165, 1.54) is 23.5 Å². The van der Waals surface area contributed by atoms with E-state index < -0.39 is 10.0 Å². The monoisotopic (exact) mass is 455 g/mol. The van der Waals surface area contributed by atoms with Gasteiger partial charge in [-0.25, -0.2) is 8.42 Å². The Bertz CT molecular complexity index is 1010. The first-order chi connectivity index (χ1) is 13.8. The van der Waals surface area contributed by atoms with Gasteiger partial charge in [-0.2, -0.15) is 4.31 Å². The van der Waals surface area contributed by atoms with Crippen LogP contribution in [0.4, 0.5) is 11.4 Å². The van der Waals surface area contributed by atoms with Gasteiger partial charge in [-0.1, -0.05) is 17.7 Å². The number of methoxy groups -OCH3 is 1. The lowest BCUT2D eigenvalue weighted by Gasteiger charge is -2.26. The minimum Gasteiger partial charge on any atom is -0.495 e. The number of benzene rings is 2. The van der Waals surface area contributed by atoms with Gasteiger partial charge < -0.3 is 20.1 Å². The molecule has 0 spiro atoms. The predicted octanol–water partition coefficient (Wildman–Crippen LogP) is 3.49. The van der Waals surface area contributed by atoms with E-state index in [9.17, 15) is 8.42 Å². The molecule has 2 aromatic rings. The number of hydrogen-bond donors (Lipinski definition) is 2. The van der Waals surface area contributed by atoms with Gasteiger partial charge in [0, 0.05) is 23.8 Å². The highest BCUT2D eigenvalue weighted by Crippen LogP contribution is 2.29. The van der Waals surface area contributed by atoms with Gasteiger partial charge in [0.1, 0.15) is 5.75 Å². The van der Waals surface area contributed by atoms with Crippen LogP contribution in [0.15, 0.2) is 41.3 Å². The van der Waals surface area contributed by atoms with E-state index >= 15 is 0 Å². The van der Waals surface area contributed by atoms with Gasteiger partial charge in [0.25, 0.3) is 0 Å². The normalized spacial score (nSPS) is 15.0. The molecular formula is C19H22ClN3O4S2. The maximum atomic E-state index is 12.9. The zero-order valence-corrected chi connectivity index (χ0v) is 18.5. The van der Waals surface area contributed by atoms with Crippen LogP contribution in [0, 0.1) is 6.92 Å². The quantitative estimate of drug-likeness (QED) is 0.668. The summed E-state index contributed by atoms with van der Waals surface area (Å²) in [6, 6.07) is 10.1. The molecule has 29 heavy (non-hydrogen) atoms. The molecular weight excluding hydrogens is 434 g/mol. The van der Waals surface area contributed by atoms with Crippen LogP contribution in [0.25, 0.3) is 0 Å². The smallest absolute Gasteiger partial charge is 0.243 e. The van der Waals surface area contributed by atoms with Crippen molar-refractivity contribution in [2.45, 2.75) is 11.8 Å². The molecule has 2 N–H and O–H groups in total. The molecule has 0 bridgehead atoms. The lowest BCUT2D eigenvalue weighted by atomic mass is 10.2. The highest BCUT2D eigenvalue weighted by molar-refractivity contribution is 7.89. The third-order valence-corrected chi connectivity index (χ3v) is 6.96. The standard InChI is InChI=1S/C19H22ClN3O4S2/c1-13-3-4-14(11-16(13)20)21-19(28)22-17-12-15(5-6-18(17)26-2)29(24,25)23-7-9-27-10-8-23/h3-6,11-12H,7-10H2,1-2H3,(H2,21,22,28). The zero-order chi connectivity index (χ0) is 21.0. The van der Waals surface area contributed by atoms with E-state index in [0.29, 0.717) is 48.5 Å². The van der Waals surface area contributed by atoms with E-state index in [1.807, 2.05) is 19.1 Å². The molecule has 0 saturated carbocycles. The average molecular weight is 456 g/mol. The molecule has 3 rings (SSSR count). The van der Waals surface area contributed by atoms with Gasteiger partial charge >= 0.3 is 0 Å². The first kappa shape index (κ1) is 21.8. The van der Waals surface area contributed by atoms with E-state index in [2.05, 4.69) is 10.6 Å². The maximum absolute atomic E-state index is 12.9. The minimum absolute atomic E-state index is 0.156. The second-order valence-electron chi connectivity index (χ2n) is 6.42. The predicted molar refractivity (Wildman–Crippen MR) is 119 cm³/mol. The Hall–Kier alpha value is -1.91. The average Bonchev–Trinajstić information content (AvgIpc) is 2.71. The van der Waals surface area contributed by atoms with Crippen LogP contribution >= 0.6 is 23.8 Å². The number of thiocarbonyl (C=S) groups is 1. The van der Waals surface area contributed by atoms with Gasteiger partial charge in [-0.3, -0.25) is 0 Å². The van der Waals surface area contributed by atoms with Crippen molar-refractivity contribution in [2.75, 3.05) is 44.0 Å². The lowest BCUT2D eigenvalue weighted by Crippen LogP contribution is -2.40. The maximum Gasteiger partial charge on any atom is 0.243 e. The van der Waals surface area contributed by atoms with Gasteiger partial charge in [-0.05, 0) is 55.0 Å². The van der Waals surface area contributed by atoms with E-state index in [1.54, 1.807) is 12.1 Å². The number of nitrogens with one attached hydrogen (secondary N) is 2. The van der Waals surface area contributed by atoms with Crippen molar-refractivity contribution < 1.29 is 17.9 Å². The summed E-state index contributed by atoms with van der Waals surface area (Å²) < 4.78 is 37.8. The molecule has 1 fully saturated rings. The van der Waals surface area contributed by atoms with E-state index in [4.69, 9.17) is 33.3 Å². The summed E-state index contributed by atoms with van der Waals surface area (Å²) in [5.74, 6) is 0.469. The van der Waals surface area contributed by atoms with Crippen molar-refractivity contribution in [1.29, 1.82) is 0 Å². The number of anilines is 2. The van der Waals surface area contributed by atoms with Crippen molar-refractivity contribution >= 4 is 50.3 Å². The number of morpholine rings is 1. The Labute approximate surface area is 181 Å². The van der Waals surface area contributed by atoms with Crippen LogP contribution in [0.3, 0.4) is 0 Å². The van der Waals surface area contributed by atoms with Crippen LogP contribution < -0.4 is 15.4 Å². The van der Waals surface area contributed by atoms with Crippen molar-refractivity contribution in [1.82, 2.24) is 4.31 Å². The molecule has 1 aliphatic rings. The van der Waals surface area contributed by atoms with Crippen molar-refractivity contribution in [3.05, 3.63) is 47.0 Å². The molecule has 0 atom stereocenters. The minimum atomic E-state index is -3.64.